The lowest BCUT2D eigenvalue weighted by molar-refractivity contribution is -0.111. The van der Waals surface area contributed by atoms with Gasteiger partial charge in [-0.2, -0.15) is 0 Å². The summed E-state index contributed by atoms with van der Waals surface area (Å²) < 4.78 is 5.17. The van der Waals surface area contributed by atoms with Crippen LogP contribution in [0.4, 0.5) is 11.4 Å². The van der Waals surface area contributed by atoms with E-state index in [0.717, 1.165) is 35.8 Å². The quantitative estimate of drug-likeness (QED) is 0.776. The Kier molecular flexibility index (Phi) is 6.43. The Labute approximate surface area is 143 Å². The molecule has 0 radical (unpaired) electrons. The molecule has 0 unspecified atom stereocenters. The van der Waals surface area contributed by atoms with Crippen molar-refractivity contribution in [2.24, 2.45) is 0 Å². The van der Waals surface area contributed by atoms with E-state index in [1.54, 1.807) is 13.2 Å². The largest absolute Gasteiger partial charge is 0.497 e. The number of rotatable bonds is 7. The van der Waals surface area contributed by atoms with Crippen LogP contribution in [0.25, 0.3) is 6.08 Å². The highest BCUT2D eigenvalue weighted by Gasteiger charge is 2.02. The van der Waals surface area contributed by atoms with Gasteiger partial charge in [-0.3, -0.25) is 4.79 Å². The van der Waals surface area contributed by atoms with Crippen molar-refractivity contribution >= 4 is 23.4 Å². The highest BCUT2D eigenvalue weighted by atomic mass is 16.5. The molecule has 0 spiro atoms. The van der Waals surface area contributed by atoms with Crippen molar-refractivity contribution in [2.75, 3.05) is 30.4 Å². The number of ether oxygens (including phenoxy) is 1. The van der Waals surface area contributed by atoms with E-state index < -0.39 is 0 Å². The average Bonchev–Trinajstić information content (AvgIpc) is 2.62. The summed E-state index contributed by atoms with van der Waals surface area (Å²) in [4.78, 5) is 14.3. The van der Waals surface area contributed by atoms with E-state index in [-0.39, 0.29) is 5.91 Å². The van der Waals surface area contributed by atoms with E-state index in [4.69, 9.17) is 4.74 Å². The summed E-state index contributed by atoms with van der Waals surface area (Å²) in [6.07, 6.45) is 3.29. The number of hydrogen-bond acceptors (Lipinski definition) is 3. The molecule has 0 saturated heterocycles. The molecule has 126 valence electrons. The van der Waals surface area contributed by atoms with Crippen LogP contribution >= 0.6 is 0 Å². The van der Waals surface area contributed by atoms with Gasteiger partial charge in [0, 0.05) is 30.5 Å². The number of benzene rings is 2. The first-order valence-corrected chi connectivity index (χ1v) is 8.14. The number of carbonyl (C=O) groups excluding carboxylic acids is 1. The number of nitrogens with one attached hydrogen (secondary N) is 1. The van der Waals surface area contributed by atoms with Gasteiger partial charge in [-0.15, -0.1) is 0 Å². The van der Waals surface area contributed by atoms with Crippen molar-refractivity contribution in [3.63, 3.8) is 0 Å². The lowest BCUT2D eigenvalue weighted by Crippen LogP contribution is -2.21. The van der Waals surface area contributed by atoms with Gasteiger partial charge in [0.2, 0.25) is 5.91 Å². The number of carbonyl (C=O) groups is 1. The second-order valence-electron chi connectivity index (χ2n) is 5.32. The standard InChI is InChI=1S/C20H24N2O2/c1-4-22(5-2)18-12-10-17(11-13-18)21-20(23)14-9-16-7-6-8-19(15-16)24-3/h6-15H,4-5H2,1-3H3,(H,21,23)/b14-9+. The van der Waals surface area contributed by atoms with Crippen LogP contribution in [0.2, 0.25) is 0 Å². The lowest BCUT2D eigenvalue weighted by Gasteiger charge is -2.21. The first-order chi connectivity index (χ1) is 11.7. The molecule has 1 amide bonds. The Morgan fingerprint density at radius 3 is 2.46 bits per heavy atom. The summed E-state index contributed by atoms with van der Waals surface area (Å²) >= 11 is 0. The van der Waals surface area contributed by atoms with Crippen molar-refractivity contribution in [1.82, 2.24) is 0 Å². The number of hydrogen-bond donors (Lipinski definition) is 1. The molecular weight excluding hydrogens is 300 g/mol. The first kappa shape index (κ1) is 17.6. The second kappa shape index (κ2) is 8.77. The van der Waals surface area contributed by atoms with Gasteiger partial charge in [0.15, 0.2) is 0 Å². The fourth-order valence-electron chi connectivity index (χ4n) is 2.45. The Bertz CT molecular complexity index is 689. The fourth-order valence-corrected chi connectivity index (χ4v) is 2.45. The molecule has 2 aromatic carbocycles. The highest BCUT2D eigenvalue weighted by Crippen LogP contribution is 2.18. The predicted molar refractivity (Wildman–Crippen MR) is 101 cm³/mol. The van der Waals surface area contributed by atoms with Crippen LogP contribution < -0.4 is 15.0 Å². The molecule has 0 bridgehead atoms. The molecule has 24 heavy (non-hydrogen) atoms. The topological polar surface area (TPSA) is 41.6 Å². The first-order valence-electron chi connectivity index (χ1n) is 8.14. The van der Waals surface area contributed by atoms with Crippen molar-refractivity contribution in [3.8, 4) is 5.75 Å². The molecule has 2 aromatic rings. The van der Waals surface area contributed by atoms with Crippen LogP contribution in [0, 0.1) is 0 Å². The van der Waals surface area contributed by atoms with Crippen molar-refractivity contribution in [2.45, 2.75) is 13.8 Å². The molecule has 0 aliphatic heterocycles. The van der Waals surface area contributed by atoms with Crippen molar-refractivity contribution < 1.29 is 9.53 Å². The maximum Gasteiger partial charge on any atom is 0.248 e. The van der Waals surface area contributed by atoms with Gasteiger partial charge in [-0.25, -0.2) is 0 Å². The minimum Gasteiger partial charge on any atom is -0.497 e. The van der Waals surface area contributed by atoms with Gasteiger partial charge in [-0.05, 0) is 61.9 Å². The van der Waals surface area contributed by atoms with Gasteiger partial charge >= 0.3 is 0 Å². The number of methoxy groups -OCH3 is 1. The summed E-state index contributed by atoms with van der Waals surface area (Å²) in [6.45, 7) is 6.18. The molecule has 4 heteroatoms. The van der Waals surface area contributed by atoms with E-state index in [0.29, 0.717) is 0 Å². The smallest absolute Gasteiger partial charge is 0.248 e. The van der Waals surface area contributed by atoms with Gasteiger partial charge < -0.3 is 15.0 Å². The number of anilines is 2. The normalized spacial score (nSPS) is 10.6. The SMILES string of the molecule is CCN(CC)c1ccc(NC(=O)/C=C/c2cccc(OC)c2)cc1. The van der Waals surface area contributed by atoms with Gasteiger partial charge in [0.1, 0.15) is 5.75 Å². The average molecular weight is 324 g/mol. The molecule has 0 aliphatic carbocycles. The van der Waals surface area contributed by atoms with E-state index in [1.165, 1.54) is 6.08 Å². The summed E-state index contributed by atoms with van der Waals surface area (Å²) in [6, 6.07) is 15.4. The van der Waals surface area contributed by atoms with Gasteiger partial charge in [0.25, 0.3) is 0 Å². The molecule has 0 heterocycles. The van der Waals surface area contributed by atoms with E-state index in [1.807, 2.05) is 48.5 Å². The Morgan fingerprint density at radius 1 is 1.12 bits per heavy atom. The Balaban J connectivity index is 1.97. The van der Waals surface area contributed by atoms with Crippen LogP contribution in [-0.2, 0) is 4.79 Å². The molecule has 0 saturated carbocycles. The molecular formula is C20H24N2O2. The predicted octanol–water partition coefficient (Wildman–Crippen LogP) is 4.19. The summed E-state index contributed by atoms with van der Waals surface area (Å²) in [5, 5.41) is 2.87. The number of amides is 1. The number of nitrogens with zero attached hydrogens (tertiary/aromatic N) is 1. The molecule has 0 aliphatic rings. The summed E-state index contributed by atoms with van der Waals surface area (Å²) in [5.41, 5.74) is 2.86. The van der Waals surface area contributed by atoms with Crippen molar-refractivity contribution in [3.05, 3.63) is 60.2 Å². The second-order valence-corrected chi connectivity index (χ2v) is 5.32. The van der Waals surface area contributed by atoms with Gasteiger partial charge in [-0.1, -0.05) is 12.1 Å². The Hall–Kier alpha value is -2.75. The molecule has 0 aromatic heterocycles. The van der Waals surface area contributed by atoms with Crippen LogP contribution in [0.3, 0.4) is 0 Å². The lowest BCUT2D eigenvalue weighted by atomic mass is 10.2. The highest BCUT2D eigenvalue weighted by molar-refractivity contribution is 6.02. The van der Waals surface area contributed by atoms with Crippen LogP contribution in [-0.4, -0.2) is 26.1 Å². The van der Waals surface area contributed by atoms with E-state index in [2.05, 4.69) is 24.1 Å². The monoisotopic (exact) mass is 324 g/mol. The minimum atomic E-state index is -0.159. The zero-order chi connectivity index (χ0) is 17.4. The molecule has 0 fully saturated rings. The third kappa shape index (κ3) is 4.88. The molecule has 1 N–H and O–H groups in total. The minimum absolute atomic E-state index is 0.159. The zero-order valence-corrected chi connectivity index (χ0v) is 14.5. The molecule has 4 nitrogen and oxygen atoms in total. The van der Waals surface area contributed by atoms with Crippen molar-refractivity contribution in [1.29, 1.82) is 0 Å². The van der Waals surface area contributed by atoms with Crippen LogP contribution in [0.5, 0.6) is 5.75 Å². The zero-order valence-electron chi connectivity index (χ0n) is 14.5. The van der Waals surface area contributed by atoms with Gasteiger partial charge in [0.05, 0.1) is 7.11 Å². The van der Waals surface area contributed by atoms with E-state index >= 15 is 0 Å². The molecule has 0 atom stereocenters. The fraction of sp³-hybridized carbons (Fsp3) is 0.250. The van der Waals surface area contributed by atoms with Crippen LogP contribution in [0.1, 0.15) is 19.4 Å². The third-order valence-corrected chi connectivity index (χ3v) is 3.78. The summed E-state index contributed by atoms with van der Waals surface area (Å²) in [7, 11) is 1.62. The Morgan fingerprint density at radius 2 is 1.83 bits per heavy atom. The maximum absolute atomic E-state index is 12.0. The summed E-state index contributed by atoms with van der Waals surface area (Å²) in [5.74, 6) is 0.609. The molecule has 2 rings (SSSR count). The maximum atomic E-state index is 12.0. The van der Waals surface area contributed by atoms with E-state index in [9.17, 15) is 4.79 Å². The van der Waals surface area contributed by atoms with Crippen LogP contribution in [0.15, 0.2) is 54.6 Å². The third-order valence-electron chi connectivity index (χ3n) is 3.78.